The largest absolute Gasteiger partial charge is 0.299 e. The lowest BCUT2D eigenvalue weighted by Crippen LogP contribution is -2.15. The summed E-state index contributed by atoms with van der Waals surface area (Å²) in [6, 6.07) is 5.99. The summed E-state index contributed by atoms with van der Waals surface area (Å²) < 4.78 is 2.25. The molecule has 0 unspecified atom stereocenters. The van der Waals surface area contributed by atoms with Gasteiger partial charge in [0.2, 0.25) is 0 Å². The number of hydrogen-bond donors (Lipinski definition) is 0. The van der Waals surface area contributed by atoms with Crippen molar-refractivity contribution >= 4 is 11.4 Å². The maximum atomic E-state index is 4.86. The lowest BCUT2D eigenvalue weighted by atomic mass is 9.90. The zero-order valence-electron chi connectivity index (χ0n) is 12.9. The van der Waals surface area contributed by atoms with Gasteiger partial charge in [-0.05, 0) is 38.8 Å². The van der Waals surface area contributed by atoms with Gasteiger partial charge in [0, 0.05) is 23.7 Å². The second-order valence-corrected chi connectivity index (χ2v) is 5.81. The van der Waals surface area contributed by atoms with Crippen molar-refractivity contribution in [2.45, 2.75) is 33.2 Å². The van der Waals surface area contributed by atoms with Crippen molar-refractivity contribution in [2.75, 3.05) is 0 Å². The van der Waals surface area contributed by atoms with Crippen LogP contribution in [0.1, 0.15) is 37.0 Å². The third kappa shape index (κ3) is 1.95. The summed E-state index contributed by atoms with van der Waals surface area (Å²) in [4.78, 5) is 13.9. The molecular formula is C18H18N4. The highest BCUT2D eigenvalue weighted by atomic mass is 15.1. The Morgan fingerprint density at radius 3 is 2.86 bits per heavy atom. The third-order valence-electron chi connectivity index (χ3n) is 4.31. The fraction of sp³-hybridized carbons (Fsp3) is 0.278. The molecule has 4 nitrogen and oxygen atoms in total. The van der Waals surface area contributed by atoms with Crippen molar-refractivity contribution in [3.63, 3.8) is 0 Å². The van der Waals surface area contributed by atoms with Gasteiger partial charge in [-0.15, -0.1) is 0 Å². The number of nitrogens with zero attached hydrogens (tertiary/aromatic N) is 4. The Labute approximate surface area is 130 Å². The molecule has 3 heterocycles. The minimum Gasteiger partial charge on any atom is -0.299 e. The zero-order valence-corrected chi connectivity index (χ0v) is 12.9. The monoisotopic (exact) mass is 290 g/mol. The van der Waals surface area contributed by atoms with Gasteiger partial charge in [-0.2, -0.15) is 0 Å². The van der Waals surface area contributed by atoms with Gasteiger partial charge < -0.3 is 0 Å². The van der Waals surface area contributed by atoms with E-state index in [1.807, 2.05) is 30.6 Å². The molecule has 0 N–H and O–H groups in total. The number of aryl methyl sites for hydroxylation is 1. The normalized spacial score (nSPS) is 17.4. The Bertz CT molecular complexity index is 822. The molecule has 0 saturated heterocycles. The van der Waals surface area contributed by atoms with Crippen molar-refractivity contribution in [3.05, 3.63) is 65.0 Å². The SMILES string of the molecule is CC1=C2C(=CCC1)n1c(C)cnc1CN=C2c1ccccn1. The van der Waals surface area contributed by atoms with Gasteiger partial charge >= 0.3 is 0 Å². The summed E-state index contributed by atoms with van der Waals surface area (Å²) in [7, 11) is 0. The Morgan fingerprint density at radius 2 is 2.05 bits per heavy atom. The van der Waals surface area contributed by atoms with Gasteiger partial charge in [-0.3, -0.25) is 14.5 Å². The second kappa shape index (κ2) is 5.05. The molecule has 0 atom stereocenters. The fourth-order valence-corrected chi connectivity index (χ4v) is 3.27. The van der Waals surface area contributed by atoms with Crippen molar-refractivity contribution < 1.29 is 0 Å². The summed E-state index contributed by atoms with van der Waals surface area (Å²) in [5.41, 5.74) is 6.91. The molecule has 0 amide bonds. The average molecular weight is 290 g/mol. The van der Waals surface area contributed by atoms with Gasteiger partial charge in [0.25, 0.3) is 0 Å². The average Bonchev–Trinajstić information content (AvgIpc) is 2.81. The van der Waals surface area contributed by atoms with Crippen molar-refractivity contribution in [3.8, 4) is 0 Å². The molecule has 1 aliphatic carbocycles. The van der Waals surface area contributed by atoms with E-state index in [2.05, 4.69) is 34.5 Å². The molecule has 0 radical (unpaired) electrons. The predicted octanol–water partition coefficient (Wildman–Crippen LogP) is 3.54. The van der Waals surface area contributed by atoms with E-state index in [0.29, 0.717) is 6.54 Å². The Balaban J connectivity index is 1.96. The van der Waals surface area contributed by atoms with Crippen LogP contribution in [0.5, 0.6) is 0 Å². The van der Waals surface area contributed by atoms with E-state index >= 15 is 0 Å². The molecule has 0 saturated carbocycles. The van der Waals surface area contributed by atoms with Gasteiger partial charge in [-0.1, -0.05) is 17.7 Å². The van der Waals surface area contributed by atoms with Gasteiger partial charge in [0.15, 0.2) is 0 Å². The maximum Gasteiger partial charge on any atom is 0.135 e. The molecule has 0 aromatic carbocycles. The molecule has 4 heteroatoms. The lowest BCUT2D eigenvalue weighted by Gasteiger charge is -2.22. The van der Waals surface area contributed by atoms with E-state index in [0.717, 1.165) is 35.8 Å². The molecule has 4 rings (SSSR count). The van der Waals surface area contributed by atoms with Crippen molar-refractivity contribution in [1.29, 1.82) is 0 Å². The molecule has 0 bridgehead atoms. The molecule has 0 spiro atoms. The van der Waals surface area contributed by atoms with Crippen LogP contribution in [0.15, 0.2) is 52.8 Å². The second-order valence-electron chi connectivity index (χ2n) is 5.81. The molecule has 0 fully saturated rings. The Morgan fingerprint density at radius 1 is 1.14 bits per heavy atom. The number of fused-ring (bicyclic) bond motifs is 3. The summed E-state index contributed by atoms with van der Waals surface area (Å²) in [5, 5.41) is 0. The van der Waals surface area contributed by atoms with Crippen LogP contribution in [0.4, 0.5) is 0 Å². The molecule has 2 aliphatic rings. The van der Waals surface area contributed by atoms with Crippen molar-refractivity contribution in [2.24, 2.45) is 4.99 Å². The van der Waals surface area contributed by atoms with E-state index in [4.69, 9.17) is 4.99 Å². The number of aromatic nitrogens is 3. The maximum absolute atomic E-state index is 4.86. The van der Waals surface area contributed by atoms with Crippen LogP contribution in [0.3, 0.4) is 0 Å². The van der Waals surface area contributed by atoms with Crippen LogP contribution in [-0.2, 0) is 6.54 Å². The summed E-state index contributed by atoms with van der Waals surface area (Å²) in [6.07, 6.45) is 8.21. The summed E-state index contributed by atoms with van der Waals surface area (Å²) in [5.74, 6) is 1.00. The zero-order chi connectivity index (χ0) is 15.1. The highest BCUT2D eigenvalue weighted by Gasteiger charge is 2.27. The van der Waals surface area contributed by atoms with E-state index < -0.39 is 0 Å². The minimum absolute atomic E-state index is 0.591. The Kier molecular flexibility index (Phi) is 3.03. The quantitative estimate of drug-likeness (QED) is 0.806. The molecule has 2 aromatic heterocycles. The first-order chi connectivity index (χ1) is 10.8. The topological polar surface area (TPSA) is 43.1 Å². The number of imidazole rings is 1. The summed E-state index contributed by atoms with van der Waals surface area (Å²) in [6.45, 7) is 4.90. The molecular weight excluding hydrogens is 272 g/mol. The molecule has 110 valence electrons. The van der Waals surface area contributed by atoms with Crippen LogP contribution in [0.2, 0.25) is 0 Å². The predicted molar refractivity (Wildman–Crippen MR) is 87.6 cm³/mol. The number of hydrogen-bond acceptors (Lipinski definition) is 3. The van der Waals surface area contributed by atoms with Crippen LogP contribution in [0, 0.1) is 6.92 Å². The van der Waals surface area contributed by atoms with E-state index in [-0.39, 0.29) is 0 Å². The Hall–Kier alpha value is -2.49. The van der Waals surface area contributed by atoms with Gasteiger partial charge in [-0.25, -0.2) is 4.98 Å². The highest BCUT2D eigenvalue weighted by Crippen LogP contribution is 2.34. The first-order valence-corrected chi connectivity index (χ1v) is 7.66. The molecule has 1 aliphatic heterocycles. The standard InChI is InChI=1S/C18H18N4/c1-12-6-5-8-15-17(12)18(14-7-3-4-9-19-14)21-11-16-20-10-13(2)22(15)16/h3-4,7-10H,5-6,11H2,1-2H3. The highest BCUT2D eigenvalue weighted by molar-refractivity contribution is 6.20. The van der Waals surface area contributed by atoms with Crippen LogP contribution in [0.25, 0.3) is 5.70 Å². The van der Waals surface area contributed by atoms with Crippen molar-refractivity contribution in [1.82, 2.24) is 14.5 Å². The van der Waals surface area contributed by atoms with E-state index in [1.54, 1.807) is 0 Å². The number of rotatable bonds is 1. The number of pyridine rings is 1. The molecule has 22 heavy (non-hydrogen) atoms. The first-order valence-electron chi connectivity index (χ1n) is 7.66. The van der Waals surface area contributed by atoms with Crippen LogP contribution < -0.4 is 0 Å². The molecule has 2 aromatic rings. The van der Waals surface area contributed by atoms with E-state index in [1.165, 1.54) is 16.8 Å². The first kappa shape index (κ1) is 13.2. The van der Waals surface area contributed by atoms with E-state index in [9.17, 15) is 0 Å². The third-order valence-corrected chi connectivity index (χ3v) is 4.31. The van der Waals surface area contributed by atoms with Gasteiger partial charge in [0.1, 0.15) is 5.82 Å². The number of allylic oxidation sites excluding steroid dienone is 4. The van der Waals surface area contributed by atoms with Crippen LogP contribution >= 0.6 is 0 Å². The number of aliphatic imine (C=N–C) groups is 1. The van der Waals surface area contributed by atoms with Crippen LogP contribution in [-0.4, -0.2) is 20.2 Å². The minimum atomic E-state index is 0.591. The van der Waals surface area contributed by atoms with Gasteiger partial charge in [0.05, 0.1) is 23.6 Å². The lowest BCUT2D eigenvalue weighted by molar-refractivity contribution is 0.863. The fourth-order valence-electron chi connectivity index (χ4n) is 3.27. The smallest absolute Gasteiger partial charge is 0.135 e. The summed E-state index contributed by atoms with van der Waals surface area (Å²) >= 11 is 0.